The zero-order valence-corrected chi connectivity index (χ0v) is 13.5. The second kappa shape index (κ2) is 8.01. The maximum atomic E-state index is 13.1. The summed E-state index contributed by atoms with van der Waals surface area (Å²) in [4.78, 5) is 24.2. The highest BCUT2D eigenvalue weighted by molar-refractivity contribution is 5.92. The highest BCUT2D eigenvalue weighted by atomic mass is 19.1. The zero-order valence-electron chi connectivity index (χ0n) is 13.5. The average Bonchev–Trinajstić information content (AvgIpc) is 2.59. The van der Waals surface area contributed by atoms with E-state index in [-0.39, 0.29) is 29.8 Å². The van der Waals surface area contributed by atoms with Gasteiger partial charge < -0.3 is 10.0 Å². The molecule has 0 aromatic heterocycles. The minimum absolute atomic E-state index is 0.105. The van der Waals surface area contributed by atoms with Crippen molar-refractivity contribution in [2.45, 2.75) is 31.7 Å². The molecule has 1 N–H and O–H groups in total. The molecule has 2 rings (SSSR count). The Morgan fingerprint density at radius 1 is 1.42 bits per heavy atom. The predicted molar refractivity (Wildman–Crippen MR) is 87.7 cm³/mol. The van der Waals surface area contributed by atoms with Crippen LogP contribution in [0.15, 0.2) is 24.3 Å². The summed E-state index contributed by atoms with van der Waals surface area (Å²) in [5.74, 6) is -0.633. The van der Waals surface area contributed by atoms with E-state index in [0.29, 0.717) is 5.92 Å². The van der Waals surface area contributed by atoms with Gasteiger partial charge in [0.25, 0.3) is 5.69 Å². The number of likely N-dealkylation sites (N-methyl/N-ethyl adjacent to an activating group) is 1. The molecule has 24 heavy (non-hydrogen) atoms. The van der Waals surface area contributed by atoms with Gasteiger partial charge >= 0.3 is 0 Å². The molecule has 130 valence electrons. The molecule has 0 spiro atoms. The Balaban J connectivity index is 2.04. The Kier molecular flexibility index (Phi) is 6.03. The third kappa shape index (κ3) is 4.38. The number of carbonyl (C=O) groups excluding carboxylic acids is 1. The molecule has 6 nitrogen and oxygen atoms in total. The summed E-state index contributed by atoms with van der Waals surface area (Å²) >= 11 is 0. The van der Waals surface area contributed by atoms with E-state index in [1.807, 2.05) is 0 Å². The van der Waals surface area contributed by atoms with E-state index in [1.165, 1.54) is 18.2 Å². The summed E-state index contributed by atoms with van der Waals surface area (Å²) in [6.07, 6.45) is 6.04. The number of carbonyl (C=O) groups is 1. The van der Waals surface area contributed by atoms with E-state index in [4.69, 9.17) is 5.11 Å². The van der Waals surface area contributed by atoms with Crippen LogP contribution in [0.2, 0.25) is 0 Å². The number of hydrogen-bond acceptors (Lipinski definition) is 4. The molecule has 0 atom stereocenters. The number of nitro groups is 1. The minimum Gasteiger partial charge on any atom is -0.396 e. The Labute approximate surface area is 139 Å². The molecule has 1 aliphatic rings. The van der Waals surface area contributed by atoms with E-state index in [1.54, 1.807) is 11.9 Å². The molecule has 0 heterocycles. The molecule has 1 saturated carbocycles. The molecular weight excluding hydrogens is 315 g/mol. The van der Waals surface area contributed by atoms with Crippen molar-refractivity contribution in [3.63, 3.8) is 0 Å². The van der Waals surface area contributed by atoms with E-state index in [0.717, 1.165) is 37.8 Å². The lowest BCUT2D eigenvalue weighted by Gasteiger charge is -2.33. The molecule has 1 amide bonds. The van der Waals surface area contributed by atoms with Crippen LogP contribution in [0.5, 0.6) is 0 Å². The SMILES string of the molecule is CN(C(=O)/C=C/c1ccc(F)cc1[N+](=O)[O-])C1CCC(CO)CC1. The van der Waals surface area contributed by atoms with Gasteiger partial charge in [-0.2, -0.15) is 0 Å². The maximum absolute atomic E-state index is 13.1. The lowest BCUT2D eigenvalue weighted by Crippen LogP contribution is -2.39. The predicted octanol–water partition coefficient (Wildman–Crippen LogP) is 2.76. The van der Waals surface area contributed by atoms with E-state index < -0.39 is 10.7 Å². The van der Waals surface area contributed by atoms with E-state index >= 15 is 0 Å². The standard InChI is InChI=1S/C17H21FN2O4/c1-19(15-7-2-12(11-21)3-8-15)17(22)9-5-13-4-6-14(18)10-16(13)20(23)24/h4-6,9-10,12,15,21H,2-3,7-8,11H2,1H3/b9-5+. The number of aliphatic hydroxyl groups is 1. The first-order valence-electron chi connectivity index (χ1n) is 7.92. The molecule has 1 aliphatic carbocycles. The number of aliphatic hydroxyl groups excluding tert-OH is 1. The van der Waals surface area contributed by atoms with Crippen LogP contribution in [0.4, 0.5) is 10.1 Å². The molecule has 0 unspecified atom stereocenters. The number of rotatable bonds is 5. The van der Waals surface area contributed by atoms with Gasteiger partial charge in [-0.05, 0) is 49.8 Å². The normalized spacial score (nSPS) is 21.0. The molecule has 0 aliphatic heterocycles. The largest absolute Gasteiger partial charge is 0.396 e. The van der Waals surface area contributed by atoms with Crippen molar-refractivity contribution in [1.29, 1.82) is 0 Å². The molecule has 1 fully saturated rings. The summed E-state index contributed by atoms with van der Waals surface area (Å²) in [7, 11) is 1.70. The zero-order chi connectivity index (χ0) is 17.7. The van der Waals surface area contributed by atoms with Gasteiger partial charge in [0.15, 0.2) is 0 Å². The average molecular weight is 336 g/mol. The van der Waals surface area contributed by atoms with Crippen LogP contribution >= 0.6 is 0 Å². The first-order valence-corrected chi connectivity index (χ1v) is 7.92. The van der Waals surface area contributed by atoms with Crippen LogP contribution in [0.3, 0.4) is 0 Å². The third-order valence-corrected chi connectivity index (χ3v) is 4.56. The van der Waals surface area contributed by atoms with E-state index in [9.17, 15) is 19.3 Å². The van der Waals surface area contributed by atoms with Gasteiger partial charge in [0.1, 0.15) is 5.82 Å². The van der Waals surface area contributed by atoms with Crippen LogP contribution in [-0.2, 0) is 4.79 Å². The molecule has 0 bridgehead atoms. The van der Waals surface area contributed by atoms with Crippen LogP contribution < -0.4 is 0 Å². The van der Waals surface area contributed by atoms with Gasteiger partial charge in [0, 0.05) is 25.8 Å². The maximum Gasteiger partial charge on any atom is 0.279 e. The van der Waals surface area contributed by atoms with Gasteiger partial charge in [0.05, 0.1) is 16.6 Å². The van der Waals surface area contributed by atoms with Crippen molar-refractivity contribution < 1.29 is 19.2 Å². The number of hydrogen-bond donors (Lipinski definition) is 1. The molecule has 1 aromatic rings. The summed E-state index contributed by atoms with van der Waals surface area (Å²) in [5.41, 5.74) is -0.183. The van der Waals surface area contributed by atoms with Crippen LogP contribution in [-0.4, -0.2) is 40.5 Å². The van der Waals surface area contributed by atoms with Crippen LogP contribution in [0.25, 0.3) is 6.08 Å². The second-order valence-corrected chi connectivity index (χ2v) is 6.10. The molecule has 0 radical (unpaired) electrons. The Hall–Kier alpha value is -2.28. The van der Waals surface area contributed by atoms with Crippen LogP contribution in [0.1, 0.15) is 31.2 Å². The number of halogens is 1. The topological polar surface area (TPSA) is 83.7 Å². The van der Waals surface area contributed by atoms with Gasteiger partial charge in [-0.15, -0.1) is 0 Å². The van der Waals surface area contributed by atoms with Crippen molar-refractivity contribution >= 4 is 17.7 Å². The van der Waals surface area contributed by atoms with Crippen molar-refractivity contribution in [3.05, 3.63) is 45.8 Å². The fourth-order valence-electron chi connectivity index (χ4n) is 2.99. The van der Waals surface area contributed by atoms with Crippen molar-refractivity contribution in [1.82, 2.24) is 4.90 Å². The van der Waals surface area contributed by atoms with Gasteiger partial charge in [-0.3, -0.25) is 14.9 Å². The lowest BCUT2D eigenvalue weighted by molar-refractivity contribution is -0.385. The van der Waals surface area contributed by atoms with Crippen LogP contribution in [0, 0.1) is 21.8 Å². The second-order valence-electron chi connectivity index (χ2n) is 6.10. The third-order valence-electron chi connectivity index (χ3n) is 4.56. The molecule has 0 saturated heterocycles. The summed E-state index contributed by atoms with van der Waals surface area (Å²) in [6, 6.07) is 3.35. The Morgan fingerprint density at radius 2 is 2.08 bits per heavy atom. The minimum atomic E-state index is -0.692. The monoisotopic (exact) mass is 336 g/mol. The van der Waals surface area contributed by atoms with Gasteiger partial charge in [-0.1, -0.05) is 0 Å². The molecule has 1 aromatic carbocycles. The summed E-state index contributed by atoms with van der Waals surface area (Å²) < 4.78 is 13.1. The fourth-order valence-corrected chi connectivity index (χ4v) is 2.99. The first kappa shape index (κ1) is 18.1. The quantitative estimate of drug-likeness (QED) is 0.509. The smallest absolute Gasteiger partial charge is 0.279 e. The lowest BCUT2D eigenvalue weighted by atomic mass is 9.86. The van der Waals surface area contributed by atoms with Gasteiger partial charge in [0.2, 0.25) is 5.91 Å². The highest BCUT2D eigenvalue weighted by Crippen LogP contribution is 2.27. The summed E-state index contributed by atoms with van der Waals surface area (Å²) in [6.45, 7) is 0.179. The van der Waals surface area contributed by atoms with Gasteiger partial charge in [-0.25, -0.2) is 4.39 Å². The number of amides is 1. The molecular formula is C17H21FN2O4. The number of benzene rings is 1. The van der Waals surface area contributed by atoms with Crippen molar-refractivity contribution in [3.8, 4) is 0 Å². The first-order chi connectivity index (χ1) is 11.4. The fraction of sp³-hybridized carbons (Fsp3) is 0.471. The number of nitro benzene ring substituents is 1. The highest BCUT2D eigenvalue weighted by Gasteiger charge is 2.25. The molecule has 7 heteroatoms. The number of nitrogens with zero attached hydrogens (tertiary/aromatic N) is 2. The Morgan fingerprint density at radius 3 is 2.67 bits per heavy atom. The Bertz CT molecular complexity index is 639. The summed E-state index contributed by atoms with van der Waals surface area (Å²) in [5, 5.41) is 20.1. The van der Waals surface area contributed by atoms with Crippen molar-refractivity contribution in [2.75, 3.05) is 13.7 Å². The van der Waals surface area contributed by atoms with Crippen molar-refractivity contribution in [2.24, 2.45) is 5.92 Å². The van der Waals surface area contributed by atoms with E-state index in [2.05, 4.69) is 0 Å².